The Kier molecular flexibility index (Phi) is 6.12. The van der Waals surface area contributed by atoms with Crippen LogP contribution in [-0.2, 0) is 11.3 Å². The van der Waals surface area contributed by atoms with Gasteiger partial charge in [-0.2, -0.15) is 0 Å². The maximum atomic E-state index is 12.0. The molecule has 0 atom stereocenters. The van der Waals surface area contributed by atoms with Crippen molar-refractivity contribution in [3.8, 4) is 5.75 Å². The molecule has 0 saturated heterocycles. The SMILES string of the molecule is CCN(CC)C(=O)CN(C)Cc1cc(Cl)ccc1O. The number of benzene rings is 1. The van der Waals surface area contributed by atoms with Crippen molar-refractivity contribution in [2.45, 2.75) is 20.4 Å². The molecule has 1 rings (SSSR count). The number of hydrogen-bond acceptors (Lipinski definition) is 3. The number of amides is 1. The van der Waals surface area contributed by atoms with Crippen LogP contribution in [0, 0.1) is 0 Å². The smallest absolute Gasteiger partial charge is 0.236 e. The van der Waals surface area contributed by atoms with Crippen LogP contribution in [0.3, 0.4) is 0 Å². The van der Waals surface area contributed by atoms with Crippen molar-refractivity contribution in [1.29, 1.82) is 0 Å². The molecular weight excluding hydrogens is 264 g/mol. The van der Waals surface area contributed by atoms with E-state index in [0.717, 1.165) is 5.56 Å². The van der Waals surface area contributed by atoms with Crippen LogP contribution in [0.1, 0.15) is 19.4 Å². The van der Waals surface area contributed by atoms with Gasteiger partial charge in [0, 0.05) is 30.2 Å². The minimum absolute atomic E-state index is 0.0917. The van der Waals surface area contributed by atoms with E-state index >= 15 is 0 Å². The van der Waals surface area contributed by atoms with Gasteiger partial charge in [-0.3, -0.25) is 9.69 Å². The van der Waals surface area contributed by atoms with Crippen LogP contribution >= 0.6 is 11.6 Å². The number of nitrogens with zero attached hydrogens (tertiary/aromatic N) is 2. The minimum atomic E-state index is 0.0917. The number of phenolic OH excluding ortho intramolecular Hbond substituents is 1. The van der Waals surface area contributed by atoms with Crippen molar-refractivity contribution in [2.75, 3.05) is 26.7 Å². The summed E-state index contributed by atoms with van der Waals surface area (Å²) < 4.78 is 0. The monoisotopic (exact) mass is 284 g/mol. The van der Waals surface area contributed by atoms with Crippen molar-refractivity contribution in [1.82, 2.24) is 9.80 Å². The van der Waals surface area contributed by atoms with E-state index in [9.17, 15) is 9.90 Å². The van der Waals surface area contributed by atoms with E-state index in [0.29, 0.717) is 31.2 Å². The standard InChI is InChI=1S/C14H21ClN2O2/c1-4-17(5-2)14(19)10-16(3)9-11-8-12(15)6-7-13(11)18/h6-8,18H,4-5,9-10H2,1-3H3. The maximum Gasteiger partial charge on any atom is 0.236 e. The highest BCUT2D eigenvalue weighted by Crippen LogP contribution is 2.22. The molecule has 0 aliphatic carbocycles. The van der Waals surface area contributed by atoms with E-state index in [4.69, 9.17) is 11.6 Å². The van der Waals surface area contributed by atoms with E-state index in [1.807, 2.05) is 25.8 Å². The van der Waals surface area contributed by atoms with Gasteiger partial charge in [-0.05, 0) is 39.1 Å². The molecule has 0 fully saturated rings. The maximum absolute atomic E-state index is 12.0. The summed E-state index contributed by atoms with van der Waals surface area (Å²) in [6.07, 6.45) is 0. The predicted molar refractivity (Wildman–Crippen MR) is 77.4 cm³/mol. The number of carbonyl (C=O) groups is 1. The zero-order valence-electron chi connectivity index (χ0n) is 11.7. The lowest BCUT2D eigenvalue weighted by Crippen LogP contribution is -2.38. The lowest BCUT2D eigenvalue weighted by atomic mass is 10.2. The number of halogens is 1. The molecule has 5 heteroatoms. The van der Waals surface area contributed by atoms with Crippen molar-refractivity contribution >= 4 is 17.5 Å². The summed E-state index contributed by atoms with van der Waals surface area (Å²) in [6.45, 7) is 6.17. The molecule has 0 aliphatic heterocycles. The fourth-order valence-electron chi connectivity index (χ4n) is 1.93. The van der Waals surface area contributed by atoms with Crippen LogP contribution in [0.2, 0.25) is 5.02 Å². The first kappa shape index (κ1) is 15.8. The number of carbonyl (C=O) groups excluding carboxylic acids is 1. The molecule has 0 radical (unpaired) electrons. The Balaban J connectivity index is 2.62. The Labute approximate surface area is 119 Å². The molecule has 0 aliphatic rings. The molecule has 0 saturated carbocycles. The number of likely N-dealkylation sites (N-methyl/N-ethyl adjacent to an activating group) is 2. The Morgan fingerprint density at radius 2 is 1.95 bits per heavy atom. The average molecular weight is 285 g/mol. The van der Waals surface area contributed by atoms with Crippen molar-refractivity contribution in [2.24, 2.45) is 0 Å². The summed E-state index contributed by atoms with van der Waals surface area (Å²) in [7, 11) is 1.85. The molecule has 0 bridgehead atoms. The number of rotatable bonds is 6. The third-order valence-electron chi connectivity index (χ3n) is 3.00. The first-order chi connectivity index (χ1) is 8.97. The molecule has 106 valence electrons. The van der Waals surface area contributed by atoms with Crippen LogP contribution in [0.15, 0.2) is 18.2 Å². The molecule has 0 aromatic heterocycles. The summed E-state index contributed by atoms with van der Waals surface area (Å²) in [5, 5.41) is 10.3. The molecule has 0 heterocycles. The molecule has 1 amide bonds. The number of aromatic hydroxyl groups is 1. The van der Waals surface area contributed by atoms with Crippen LogP contribution in [0.25, 0.3) is 0 Å². The summed E-state index contributed by atoms with van der Waals surface area (Å²) >= 11 is 5.90. The first-order valence-corrected chi connectivity index (χ1v) is 6.79. The molecule has 1 aromatic carbocycles. The van der Waals surface area contributed by atoms with Crippen LogP contribution < -0.4 is 0 Å². The quantitative estimate of drug-likeness (QED) is 0.872. The second-order valence-corrected chi connectivity index (χ2v) is 4.95. The van der Waals surface area contributed by atoms with Gasteiger partial charge >= 0.3 is 0 Å². The molecule has 1 aromatic rings. The topological polar surface area (TPSA) is 43.8 Å². The largest absolute Gasteiger partial charge is 0.508 e. The van der Waals surface area contributed by atoms with Gasteiger partial charge in [-0.15, -0.1) is 0 Å². The predicted octanol–water partition coefficient (Wildman–Crippen LogP) is 2.35. The van der Waals surface area contributed by atoms with Gasteiger partial charge in [-0.1, -0.05) is 11.6 Å². The van der Waals surface area contributed by atoms with Gasteiger partial charge in [0.2, 0.25) is 5.91 Å². The van der Waals surface area contributed by atoms with E-state index in [-0.39, 0.29) is 11.7 Å². The highest BCUT2D eigenvalue weighted by molar-refractivity contribution is 6.30. The summed E-state index contributed by atoms with van der Waals surface area (Å²) in [4.78, 5) is 15.6. The zero-order valence-corrected chi connectivity index (χ0v) is 12.4. The van der Waals surface area contributed by atoms with Gasteiger partial charge < -0.3 is 10.0 Å². The molecule has 0 spiro atoms. The fourth-order valence-corrected chi connectivity index (χ4v) is 2.13. The van der Waals surface area contributed by atoms with E-state index in [1.165, 1.54) is 0 Å². The number of hydrogen-bond donors (Lipinski definition) is 1. The Hall–Kier alpha value is -1.26. The fraction of sp³-hybridized carbons (Fsp3) is 0.500. The second kappa shape index (κ2) is 7.36. The van der Waals surface area contributed by atoms with Gasteiger partial charge in [0.25, 0.3) is 0 Å². The van der Waals surface area contributed by atoms with Crippen molar-refractivity contribution in [3.05, 3.63) is 28.8 Å². The average Bonchev–Trinajstić information content (AvgIpc) is 2.35. The highest BCUT2D eigenvalue weighted by atomic mass is 35.5. The van der Waals surface area contributed by atoms with Gasteiger partial charge in [0.05, 0.1) is 6.54 Å². The summed E-state index contributed by atoms with van der Waals surface area (Å²) in [5.74, 6) is 0.292. The summed E-state index contributed by atoms with van der Waals surface area (Å²) in [5.41, 5.74) is 0.724. The Morgan fingerprint density at radius 3 is 2.53 bits per heavy atom. The van der Waals surface area contributed by atoms with Crippen molar-refractivity contribution < 1.29 is 9.90 Å². The normalized spacial score (nSPS) is 10.8. The van der Waals surface area contributed by atoms with Gasteiger partial charge in [0.15, 0.2) is 0 Å². The van der Waals surface area contributed by atoms with Crippen LogP contribution in [-0.4, -0.2) is 47.5 Å². The van der Waals surface area contributed by atoms with Crippen LogP contribution in [0.5, 0.6) is 5.75 Å². The molecule has 1 N–H and O–H groups in total. The lowest BCUT2D eigenvalue weighted by Gasteiger charge is -2.23. The van der Waals surface area contributed by atoms with Gasteiger partial charge in [-0.25, -0.2) is 0 Å². The van der Waals surface area contributed by atoms with E-state index in [2.05, 4.69) is 0 Å². The third-order valence-corrected chi connectivity index (χ3v) is 3.24. The Bertz CT molecular complexity index is 433. The molecular formula is C14H21ClN2O2. The minimum Gasteiger partial charge on any atom is -0.508 e. The second-order valence-electron chi connectivity index (χ2n) is 4.51. The molecule has 0 unspecified atom stereocenters. The molecule has 4 nitrogen and oxygen atoms in total. The van der Waals surface area contributed by atoms with E-state index < -0.39 is 0 Å². The van der Waals surface area contributed by atoms with Gasteiger partial charge in [0.1, 0.15) is 5.75 Å². The third kappa shape index (κ3) is 4.73. The van der Waals surface area contributed by atoms with Crippen LogP contribution in [0.4, 0.5) is 0 Å². The zero-order chi connectivity index (χ0) is 14.4. The number of phenols is 1. The Morgan fingerprint density at radius 1 is 1.32 bits per heavy atom. The molecule has 19 heavy (non-hydrogen) atoms. The highest BCUT2D eigenvalue weighted by Gasteiger charge is 2.13. The van der Waals surface area contributed by atoms with E-state index in [1.54, 1.807) is 23.1 Å². The summed E-state index contributed by atoms with van der Waals surface area (Å²) in [6, 6.07) is 4.93. The van der Waals surface area contributed by atoms with Crippen molar-refractivity contribution in [3.63, 3.8) is 0 Å². The first-order valence-electron chi connectivity index (χ1n) is 6.41. The lowest BCUT2D eigenvalue weighted by molar-refractivity contribution is -0.131.